The Morgan fingerprint density at radius 3 is 2.65 bits per heavy atom. The number of unbranched alkanes of at least 4 members (excludes halogenated alkanes) is 1. The van der Waals surface area contributed by atoms with Gasteiger partial charge < -0.3 is 19.4 Å². The monoisotopic (exact) mass is 521 g/mol. The van der Waals surface area contributed by atoms with Crippen LogP contribution in [0.1, 0.15) is 31.5 Å². The molecule has 1 aromatic carbocycles. The molecule has 3 rings (SSSR count). The third-order valence-corrected chi connectivity index (χ3v) is 5.49. The predicted molar refractivity (Wildman–Crippen MR) is 130 cm³/mol. The lowest BCUT2D eigenvalue weighted by Crippen LogP contribution is -2.27. The van der Waals surface area contributed by atoms with Crippen molar-refractivity contribution in [3.8, 4) is 0 Å². The first-order valence-corrected chi connectivity index (χ1v) is 11.5. The molecule has 0 fully saturated rings. The maximum atomic E-state index is 13.7. The number of carbonyl (C=O) groups is 2. The van der Waals surface area contributed by atoms with Gasteiger partial charge in [-0.15, -0.1) is 0 Å². The van der Waals surface area contributed by atoms with Crippen LogP contribution in [0.4, 0.5) is 23.2 Å². The number of nitrogens with one attached hydrogen (secondary N) is 1. The largest absolute Gasteiger partial charge is 0.390 e. The fraction of sp³-hybridized carbons (Fsp3) is 0.360. The van der Waals surface area contributed by atoms with E-state index in [0.29, 0.717) is 18.4 Å². The summed E-state index contributed by atoms with van der Waals surface area (Å²) in [5.74, 6) is -0.989. The fourth-order valence-corrected chi connectivity index (χ4v) is 3.60. The van der Waals surface area contributed by atoms with Gasteiger partial charge in [0.15, 0.2) is 0 Å². The molecule has 8 nitrogen and oxygen atoms in total. The molecule has 0 bridgehead atoms. The standard InChI is InChI=1S/C25H27F4N5O3/c1-32(2)23(36)9-5-3-4-8-22(35)31-18-7-6-13-33(24(18)37)16-21-30-19-15-17(26)10-11-20(19)34(21)14-12-25(27,28)29/h5-7,9-11,13,15H,3-4,8,12,14,16H2,1-2H3,(H,31,35)/b9-5+. The molecule has 0 aliphatic heterocycles. The summed E-state index contributed by atoms with van der Waals surface area (Å²) in [7, 11) is 3.26. The van der Waals surface area contributed by atoms with E-state index in [0.717, 1.165) is 12.1 Å². The molecular formula is C25H27F4N5O3. The van der Waals surface area contributed by atoms with Crippen molar-refractivity contribution < 1.29 is 27.2 Å². The number of imidazole rings is 1. The van der Waals surface area contributed by atoms with Crippen LogP contribution in [0, 0.1) is 5.82 Å². The number of amides is 2. The molecule has 0 saturated carbocycles. The predicted octanol–water partition coefficient (Wildman–Crippen LogP) is 4.09. The summed E-state index contributed by atoms with van der Waals surface area (Å²) in [4.78, 5) is 42.4. The van der Waals surface area contributed by atoms with Gasteiger partial charge in [0.2, 0.25) is 11.8 Å². The highest BCUT2D eigenvalue weighted by molar-refractivity contribution is 5.90. The van der Waals surface area contributed by atoms with E-state index in [1.165, 1.54) is 44.5 Å². The molecule has 198 valence electrons. The zero-order valence-corrected chi connectivity index (χ0v) is 20.4. The van der Waals surface area contributed by atoms with E-state index in [-0.39, 0.29) is 35.9 Å². The van der Waals surface area contributed by atoms with Crippen LogP contribution in [0.15, 0.2) is 53.5 Å². The normalized spacial score (nSPS) is 11.8. The maximum absolute atomic E-state index is 13.7. The molecule has 0 aliphatic rings. The van der Waals surface area contributed by atoms with E-state index in [2.05, 4.69) is 10.3 Å². The maximum Gasteiger partial charge on any atom is 0.390 e. The minimum absolute atomic E-state index is 0.00910. The summed E-state index contributed by atoms with van der Waals surface area (Å²) in [5.41, 5.74) is -0.0572. The third kappa shape index (κ3) is 7.76. The van der Waals surface area contributed by atoms with Gasteiger partial charge in [-0.2, -0.15) is 13.2 Å². The van der Waals surface area contributed by atoms with E-state index >= 15 is 0 Å². The average molecular weight is 522 g/mol. The second-order valence-corrected chi connectivity index (χ2v) is 8.61. The SMILES string of the molecule is CN(C)C(=O)/C=C/CCCC(=O)Nc1cccn(Cc2nc3cc(F)ccc3n2CCC(F)(F)F)c1=O. The van der Waals surface area contributed by atoms with E-state index in [4.69, 9.17) is 0 Å². The number of hydrogen-bond acceptors (Lipinski definition) is 4. The zero-order chi connectivity index (χ0) is 27.2. The van der Waals surface area contributed by atoms with Crippen LogP contribution in [0.5, 0.6) is 0 Å². The highest BCUT2D eigenvalue weighted by atomic mass is 19.4. The Bertz CT molecular complexity index is 1360. The van der Waals surface area contributed by atoms with E-state index < -0.39 is 36.4 Å². The number of hydrogen-bond donors (Lipinski definition) is 1. The Balaban J connectivity index is 1.73. The number of likely N-dealkylation sites (N-methyl/N-ethyl adjacent to an activating group) is 1. The third-order valence-electron chi connectivity index (χ3n) is 5.49. The van der Waals surface area contributed by atoms with Gasteiger partial charge in [-0.1, -0.05) is 6.08 Å². The summed E-state index contributed by atoms with van der Waals surface area (Å²) < 4.78 is 54.9. The van der Waals surface area contributed by atoms with Crippen LogP contribution in [-0.2, 0) is 22.7 Å². The van der Waals surface area contributed by atoms with Gasteiger partial charge in [0.1, 0.15) is 17.3 Å². The summed E-state index contributed by atoms with van der Waals surface area (Å²) in [6.45, 7) is -0.623. The van der Waals surface area contributed by atoms with Crippen LogP contribution in [0.2, 0.25) is 0 Å². The van der Waals surface area contributed by atoms with Crippen LogP contribution in [0.25, 0.3) is 11.0 Å². The lowest BCUT2D eigenvalue weighted by molar-refractivity contribution is -0.136. The van der Waals surface area contributed by atoms with E-state index in [1.807, 2.05) is 0 Å². The second-order valence-electron chi connectivity index (χ2n) is 8.61. The number of benzene rings is 1. The highest BCUT2D eigenvalue weighted by Gasteiger charge is 2.28. The molecule has 37 heavy (non-hydrogen) atoms. The number of nitrogens with zero attached hydrogens (tertiary/aromatic N) is 4. The molecule has 0 radical (unpaired) electrons. The smallest absolute Gasteiger partial charge is 0.345 e. The molecular weight excluding hydrogens is 494 g/mol. The number of alkyl halides is 3. The van der Waals surface area contributed by atoms with Crippen molar-refractivity contribution in [2.24, 2.45) is 0 Å². The molecule has 2 amide bonds. The first kappa shape index (κ1) is 27.6. The van der Waals surface area contributed by atoms with Crippen LogP contribution < -0.4 is 10.9 Å². The molecule has 0 saturated heterocycles. The molecule has 2 heterocycles. The minimum atomic E-state index is -4.41. The van der Waals surface area contributed by atoms with Crippen molar-refractivity contribution in [3.63, 3.8) is 0 Å². The number of aromatic nitrogens is 3. The van der Waals surface area contributed by atoms with Crippen molar-refractivity contribution in [1.29, 1.82) is 0 Å². The quantitative estimate of drug-likeness (QED) is 0.247. The van der Waals surface area contributed by atoms with Crippen LogP contribution in [-0.4, -0.2) is 51.1 Å². The summed E-state index contributed by atoms with van der Waals surface area (Å²) >= 11 is 0. The van der Waals surface area contributed by atoms with Gasteiger partial charge in [0.05, 0.1) is 24.0 Å². The number of anilines is 1. The molecule has 0 atom stereocenters. The summed E-state index contributed by atoms with van der Waals surface area (Å²) in [5, 5.41) is 2.55. The molecule has 0 unspecified atom stereocenters. The Labute approximate surface area is 210 Å². The van der Waals surface area contributed by atoms with Gasteiger partial charge in [-0.25, -0.2) is 9.37 Å². The van der Waals surface area contributed by atoms with Crippen molar-refractivity contribution in [1.82, 2.24) is 19.0 Å². The van der Waals surface area contributed by atoms with Crippen molar-refractivity contribution in [3.05, 3.63) is 70.7 Å². The van der Waals surface area contributed by atoms with Gasteiger partial charge in [0, 0.05) is 39.3 Å². The number of carbonyl (C=O) groups excluding carboxylic acids is 2. The highest BCUT2D eigenvalue weighted by Crippen LogP contribution is 2.24. The molecule has 12 heteroatoms. The average Bonchev–Trinajstić information content (AvgIpc) is 3.15. The lowest BCUT2D eigenvalue weighted by atomic mass is 10.2. The van der Waals surface area contributed by atoms with E-state index in [9.17, 15) is 31.9 Å². The molecule has 0 aliphatic carbocycles. The van der Waals surface area contributed by atoms with Crippen molar-refractivity contribution in [2.75, 3.05) is 19.4 Å². The molecule has 0 spiro atoms. The zero-order valence-electron chi connectivity index (χ0n) is 20.4. The number of allylic oxidation sites excluding steroid dienone is 1. The summed E-state index contributed by atoms with van der Waals surface area (Å²) in [6, 6.07) is 6.55. The van der Waals surface area contributed by atoms with Crippen LogP contribution in [0.3, 0.4) is 0 Å². The van der Waals surface area contributed by atoms with Gasteiger partial charge in [0.25, 0.3) is 5.56 Å². The number of rotatable bonds is 10. The Morgan fingerprint density at radius 2 is 1.95 bits per heavy atom. The Hall–Kier alpha value is -3.96. The summed E-state index contributed by atoms with van der Waals surface area (Å²) in [6.07, 6.45) is 0.0712. The molecule has 3 aromatic rings. The Kier molecular flexibility index (Phi) is 8.85. The second kappa shape index (κ2) is 11.8. The van der Waals surface area contributed by atoms with Gasteiger partial charge >= 0.3 is 6.18 Å². The number of fused-ring (bicyclic) bond motifs is 1. The van der Waals surface area contributed by atoms with Crippen LogP contribution >= 0.6 is 0 Å². The van der Waals surface area contributed by atoms with Gasteiger partial charge in [-0.3, -0.25) is 14.4 Å². The van der Waals surface area contributed by atoms with Crippen molar-refractivity contribution in [2.45, 2.75) is 44.9 Å². The first-order chi connectivity index (χ1) is 17.4. The Morgan fingerprint density at radius 1 is 1.19 bits per heavy atom. The number of pyridine rings is 1. The number of halogens is 4. The molecule has 1 N–H and O–H groups in total. The molecule has 2 aromatic heterocycles. The first-order valence-electron chi connectivity index (χ1n) is 11.5. The minimum Gasteiger partial charge on any atom is -0.345 e. The van der Waals surface area contributed by atoms with Crippen molar-refractivity contribution >= 4 is 28.5 Å². The van der Waals surface area contributed by atoms with E-state index in [1.54, 1.807) is 20.2 Å². The lowest BCUT2D eigenvalue weighted by Gasteiger charge is -2.13. The topological polar surface area (TPSA) is 89.2 Å². The van der Waals surface area contributed by atoms with Gasteiger partial charge in [-0.05, 0) is 43.2 Å². The fourth-order valence-electron chi connectivity index (χ4n) is 3.60. The number of aryl methyl sites for hydroxylation is 1.